The molecule has 8 aromatic carbocycles. The van der Waals surface area contributed by atoms with Crippen LogP contribution in [0.15, 0.2) is 168 Å². The van der Waals surface area contributed by atoms with Gasteiger partial charge in [0.15, 0.2) is 5.58 Å². The quantitative estimate of drug-likeness (QED) is 0.182. The van der Waals surface area contributed by atoms with Crippen LogP contribution in [0.5, 0.6) is 0 Å². The van der Waals surface area contributed by atoms with Crippen LogP contribution < -0.4 is 4.90 Å². The number of hydrogen-bond donors (Lipinski definition) is 0. The number of hydrogen-bond acceptors (Lipinski definition) is 2. The number of rotatable bonds is 4. The van der Waals surface area contributed by atoms with Gasteiger partial charge in [-0.3, -0.25) is 0 Å². The van der Waals surface area contributed by atoms with Crippen LogP contribution in [0.2, 0.25) is 0 Å². The Morgan fingerprint density at radius 3 is 1.83 bits per heavy atom. The van der Waals surface area contributed by atoms with E-state index in [1.54, 1.807) is 0 Å². The van der Waals surface area contributed by atoms with Gasteiger partial charge in [-0.05, 0) is 97.4 Å². The second kappa shape index (κ2) is 11.1. The van der Waals surface area contributed by atoms with Crippen molar-refractivity contribution >= 4 is 49.8 Å². The molecular formula is C52H39NO. The van der Waals surface area contributed by atoms with E-state index in [1.165, 1.54) is 61.0 Å². The van der Waals surface area contributed by atoms with Gasteiger partial charge >= 0.3 is 0 Å². The van der Waals surface area contributed by atoms with Crippen molar-refractivity contribution in [2.45, 2.75) is 38.5 Å². The minimum absolute atomic E-state index is 0.0456. The molecule has 0 aliphatic heterocycles. The van der Waals surface area contributed by atoms with Gasteiger partial charge in [-0.1, -0.05) is 155 Å². The molecule has 9 aromatic rings. The Kier molecular flexibility index (Phi) is 6.39. The van der Waals surface area contributed by atoms with Gasteiger partial charge in [0.1, 0.15) is 5.58 Å². The van der Waals surface area contributed by atoms with Crippen LogP contribution in [0.25, 0.3) is 66.1 Å². The zero-order valence-corrected chi connectivity index (χ0v) is 30.9. The minimum Gasteiger partial charge on any atom is -0.453 e. The van der Waals surface area contributed by atoms with Crippen LogP contribution in [-0.2, 0) is 10.8 Å². The van der Waals surface area contributed by atoms with E-state index in [4.69, 9.17) is 4.42 Å². The van der Waals surface area contributed by atoms with Crippen molar-refractivity contribution in [1.29, 1.82) is 0 Å². The first-order chi connectivity index (χ1) is 26.3. The van der Waals surface area contributed by atoms with Crippen molar-refractivity contribution in [2.24, 2.45) is 0 Å². The number of fused-ring (bicyclic) bond motifs is 11. The van der Waals surface area contributed by atoms with Crippen LogP contribution in [0.4, 0.5) is 17.1 Å². The van der Waals surface area contributed by atoms with Crippen LogP contribution in [0, 0.1) is 0 Å². The molecule has 0 atom stereocenters. The molecular weight excluding hydrogens is 655 g/mol. The molecule has 2 aliphatic carbocycles. The molecule has 0 fully saturated rings. The fourth-order valence-electron chi connectivity index (χ4n) is 9.75. The summed E-state index contributed by atoms with van der Waals surface area (Å²) in [5, 5.41) is 4.55. The molecule has 0 unspecified atom stereocenters. The molecule has 0 saturated carbocycles. The van der Waals surface area contributed by atoms with Crippen molar-refractivity contribution in [3.8, 4) is 33.4 Å². The number of nitrogens with zero attached hydrogens (tertiary/aromatic N) is 1. The molecule has 258 valence electrons. The second-order valence-corrected chi connectivity index (χ2v) is 16.1. The first-order valence-corrected chi connectivity index (χ1v) is 19.0. The highest BCUT2D eigenvalue weighted by Crippen LogP contribution is 2.54. The Labute approximate surface area is 315 Å². The Morgan fingerprint density at radius 1 is 0.407 bits per heavy atom. The second-order valence-electron chi connectivity index (χ2n) is 16.1. The maximum atomic E-state index is 6.96. The van der Waals surface area contributed by atoms with E-state index in [1.807, 2.05) is 0 Å². The minimum atomic E-state index is -0.0696. The average Bonchev–Trinajstić information content (AvgIpc) is 3.79. The van der Waals surface area contributed by atoms with Crippen molar-refractivity contribution in [3.63, 3.8) is 0 Å². The van der Waals surface area contributed by atoms with Crippen molar-refractivity contribution in [1.82, 2.24) is 0 Å². The molecule has 0 bridgehead atoms. The zero-order valence-electron chi connectivity index (χ0n) is 30.9. The SMILES string of the molecule is CC1(C)c2ccccc2-c2cc(N(c3ccc(-c4cccc5c4-c4ccccc4C5(C)C)cc3)c3cccc4c3oc3c5ccccc5ccc43)ccc21. The fraction of sp³-hybridized carbons (Fsp3) is 0.115. The van der Waals surface area contributed by atoms with Crippen LogP contribution in [0.1, 0.15) is 49.9 Å². The summed E-state index contributed by atoms with van der Waals surface area (Å²) in [6.07, 6.45) is 0. The van der Waals surface area contributed by atoms with Crippen LogP contribution in [0.3, 0.4) is 0 Å². The summed E-state index contributed by atoms with van der Waals surface area (Å²) in [6, 6.07) is 60.2. The summed E-state index contributed by atoms with van der Waals surface area (Å²) in [4.78, 5) is 2.39. The highest BCUT2D eigenvalue weighted by molar-refractivity contribution is 6.17. The largest absolute Gasteiger partial charge is 0.453 e. The van der Waals surface area contributed by atoms with Gasteiger partial charge in [-0.2, -0.15) is 0 Å². The standard InChI is InChI=1S/C52H39NO/c1-51(2)43-19-9-7-15-38(43)42-31-35(28-30-45(42)51)53(47-22-12-18-39-40-29-25-32-13-5-6-14-37(32)49(40)54-50(39)47)34-26-23-33(24-27-34)36-17-11-21-46-48(36)41-16-8-10-20-44(41)52(46,3)4/h5-31H,1-4H3. The van der Waals surface area contributed by atoms with E-state index in [0.29, 0.717) is 0 Å². The lowest BCUT2D eigenvalue weighted by molar-refractivity contribution is 0.660. The van der Waals surface area contributed by atoms with Gasteiger partial charge in [0.05, 0.1) is 5.69 Å². The third-order valence-corrected chi connectivity index (χ3v) is 12.5. The van der Waals surface area contributed by atoms with Gasteiger partial charge in [0.2, 0.25) is 0 Å². The lowest BCUT2D eigenvalue weighted by atomic mass is 9.82. The van der Waals surface area contributed by atoms with E-state index >= 15 is 0 Å². The highest BCUT2D eigenvalue weighted by atomic mass is 16.3. The topological polar surface area (TPSA) is 16.4 Å². The normalized spacial score (nSPS) is 14.6. The molecule has 0 radical (unpaired) electrons. The van der Waals surface area contributed by atoms with Crippen molar-refractivity contribution < 1.29 is 4.42 Å². The predicted octanol–water partition coefficient (Wildman–Crippen LogP) is 14.5. The first kappa shape index (κ1) is 31.2. The molecule has 1 heterocycles. The maximum absolute atomic E-state index is 6.96. The first-order valence-electron chi connectivity index (χ1n) is 19.0. The molecule has 2 nitrogen and oxygen atoms in total. The zero-order chi connectivity index (χ0) is 36.3. The van der Waals surface area contributed by atoms with E-state index in [-0.39, 0.29) is 10.8 Å². The predicted molar refractivity (Wildman–Crippen MR) is 226 cm³/mol. The van der Waals surface area contributed by atoms with Crippen molar-refractivity contribution in [2.75, 3.05) is 4.90 Å². The monoisotopic (exact) mass is 693 g/mol. The Hall–Kier alpha value is -6.38. The molecule has 0 saturated heterocycles. The number of para-hydroxylation sites is 1. The molecule has 0 amide bonds. The number of benzene rings is 8. The fourth-order valence-corrected chi connectivity index (χ4v) is 9.75. The third-order valence-electron chi connectivity index (χ3n) is 12.5. The van der Waals surface area contributed by atoms with Gasteiger partial charge in [0.25, 0.3) is 0 Å². The van der Waals surface area contributed by atoms with Gasteiger partial charge in [-0.15, -0.1) is 0 Å². The molecule has 2 aliphatic rings. The summed E-state index contributed by atoms with van der Waals surface area (Å²) in [5.74, 6) is 0. The molecule has 1 aromatic heterocycles. The molecule has 0 N–H and O–H groups in total. The molecule has 2 heteroatoms. The number of furan rings is 1. The molecule has 54 heavy (non-hydrogen) atoms. The van der Waals surface area contributed by atoms with Gasteiger partial charge in [0, 0.05) is 38.4 Å². The summed E-state index contributed by atoms with van der Waals surface area (Å²) >= 11 is 0. The summed E-state index contributed by atoms with van der Waals surface area (Å²) < 4.78 is 6.96. The Morgan fingerprint density at radius 2 is 1.00 bits per heavy atom. The summed E-state index contributed by atoms with van der Waals surface area (Å²) in [6.45, 7) is 9.38. The van der Waals surface area contributed by atoms with Crippen LogP contribution in [-0.4, -0.2) is 0 Å². The third kappa shape index (κ3) is 4.23. The highest BCUT2D eigenvalue weighted by Gasteiger charge is 2.37. The Balaban J connectivity index is 1.12. The van der Waals surface area contributed by atoms with Gasteiger partial charge < -0.3 is 9.32 Å². The molecule has 11 rings (SSSR count). The van der Waals surface area contributed by atoms with E-state index in [9.17, 15) is 0 Å². The molecule has 0 spiro atoms. The summed E-state index contributed by atoms with van der Waals surface area (Å²) in [5.41, 5.74) is 18.2. The lowest BCUT2D eigenvalue weighted by Crippen LogP contribution is -2.15. The number of anilines is 3. The van der Waals surface area contributed by atoms with Crippen molar-refractivity contribution in [3.05, 3.63) is 186 Å². The lowest BCUT2D eigenvalue weighted by Gasteiger charge is -2.27. The van der Waals surface area contributed by atoms with E-state index in [2.05, 4.69) is 196 Å². The smallest absolute Gasteiger partial charge is 0.159 e. The summed E-state index contributed by atoms with van der Waals surface area (Å²) in [7, 11) is 0. The Bertz CT molecular complexity index is 3000. The van der Waals surface area contributed by atoms with Gasteiger partial charge in [-0.25, -0.2) is 0 Å². The van der Waals surface area contributed by atoms with E-state index in [0.717, 1.165) is 44.4 Å². The van der Waals surface area contributed by atoms with E-state index < -0.39 is 0 Å². The van der Waals surface area contributed by atoms with Crippen LogP contribution >= 0.6 is 0 Å². The maximum Gasteiger partial charge on any atom is 0.159 e. The average molecular weight is 694 g/mol.